The molecule has 3 N–H and O–H groups in total. The highest BCUT2D eigenvalue weighted by Crippen LogP contribution is 2.46. The van der Waals surface area contributed by atoms with Crippen LogP contribution in [0.15, 0.2) is 59.0 Å². The summed E-state index contributed by atoms with van der Waals surface area (Å²) < 4.78 is 73.0. The van der Waals surface area contributed by atoms with Gasteiger partial charge < -0.3 is 19.4 Å². The Morgan fingerprint density at radius 2 is 1.75 bits per heavy atom. The van der Waals surface area contributed by atoms with Crippen LogP contribution in [0.1, 0.15) is 11.1 Å². The summed E-state index contributed by atoms with van der Waals surface area (Å²) in [6.45, 7) is 0. The second-order valence-corrected chi connectivity index (χ2v) is 7.39. The van der Waals surface area contributed by atoms with Crippen LogP contribution in [0.2, 0.25) is 0 Å². The summed E-state index contributed by atoms with van der Waals surface area (Å²) >= 11 is 0. The van der Waals surface area contributed by atoms with E-state index in [2.05, 4.69) is 0 Å². The number of rotatable bonds is 5. The van der Waals surface area contributed by atoms with Gasteiger partial charge in [0, 0.05) is 5.56 Å². The number of nitrogens with two attached hydrogens (primary N) is 1. The first-order chi connectivity index (χ1) is 13.1. The normalized spacial score (nSPS) is 12.1. The van der Waals surface area contributed by atoms with E-state index >= 15 is 0 Å². The number of aromatic hydroxyl groups is 1. The number of nitrogen functional groups attached to an aromatic ring is 1. The minimum atomic E-state index is -4.61. The van der Waals surface area contributed by atoms with Crippen molar-refractivity contribution in [1.29, 1.82) is 0 Å². The quantitative estimate of drug-likeness (QED) is 0.609. The molecule has 0 aliphatic carbocycles. The van der Waals surface area contributed by atoms with E-state index in [0.29, 0.717) is 5.56 Å². The Morgan fingerprint density at radius 1 is 1.07 bits per heavy atom. The number of furan rings is 1. The van der Waals surface area contributed by atoms with E-state index < -0.39 is 50.8 Å². The highest BCUT2D eigenvalue weighted by Gasteiger charge is 2.32. The number of hydrogen-bond acceptors (Lipinski definition) is 6. The van der Waals surface area contributed by atoms with E-state index in [1.165, 1.54) is 6.07 Å². The Hall–Kier alpha value is -3.14. The fourth-order valence-corrected chi connectivity index (χ4v) is 3.55. The van der Waals surface area contributed by atoms with Crippen LogP contribution in [0, 0.1) is 0 Å². The molecule has 10 heteroatoms. The van der Waals surface area contributed by atoms with Gasteiger partial charge in [0.1, 0.15) is 5.75 Å². The zero-order valence-electron chi connectivity index (χ0n) is 14.1. The molecule has 6 nitrogen and oxygen atoms in total. The summed E-state index contributed by atoms with van der Waals surface area (Å²) in [5.74, 6) is -3.01. The third kappa shape index (κ3) is 4.22. The highest BCUT2D eigenvalue weighted by atomic mass is 32.2. The van der Waals surface area contributed by atoms with Crippen LogP contribution < -0.4 is 9.92 Å². The molecule has 1 aromatic heterocycles. The molecule has 0 aliphatic rings. The predicted octanol–water partition coefficient (Wildman–Crippen LogP) is 4.16. The molecule has 3 aromatic rings. The first kappa shape index (κ1) is 19.6. The van der Waals surface area contributed by atoms with E-state index in [1.54, 1.807) is 30.3 Å². The molecular weight excluding hydrogens is 399 g/mol. The third-order valence-electron chi connectivity index (χ3n) is 3.71. The molecule has 3 rings (SSSR count). The minimum absolute atomic E-state index is 0.144. The smallest absolute Gasteiger partial charge is 0.416 e. The first-order valence-electron chi connectivity index (χ1n) is 7.82. The van der Waals surface area contributed by atoms with Gasteiger partial charge in [-0.3, -0.25) is 0 Å². The second kappa shape index (κ2) is 7.12. The monoisotopic (exact) mass is 413 g/mol. The molecule has 0 bridgehead atoms. The van der Waals surface area contributed by atoms with Crippen LogP contribution in [0.5, 0.6) is 11.5 Å². The second-order valence-electron chi connectivity index (χ2n) is 5.82. The lowest BCUT2D eigenvalue weighted by atomic mass is 10.1. The van der Waals surface area contributed by atoms with E-state index in [0.717, 1.165) is 18.2 Å². The summed E-state index contributed by atoms with van der Waals surface area (Å²) in [6, 6.07) is 12.0. The van der Waals surface area contributed by atoms with Gasteiger partial charge in [-0.25, -0.2) is 0 Å². The van der Waals surface area contributed by atoms with Gasteiger partial charge in [-0.15, -0.1) is 0 Å². The number of benzene rings is 2. The van der Waals surface area contributed by atoms with Crippen LogP contribution in [0.3, 0.4) is 0 Å². The maximum Gasteiger partial charge on any atom is 0.416 e. The Labute approximate surface area is 158 Å². The number of halogens is 3. The lowest BCUT2D eigenvalue weighted by molar-refractivity contribution is -0.137. The molecular formula is C18H14F3NO5S. The van der Waals surface area contributed by atoms with Gasteiger partial charge in [0.2, 0.25) is 17.4 Å². The molecule has 148 valence electrons. The summed E-state index contributed by atoms with van der Waals surface area (Å²) in [5.41, 5.74) is 4.88. The molecule has 0 radical (unpaired) electrons. The van der Waals surface area contributed by atoms with E-state index in [4.69, 9.17) is 14.3 Å². The van der Waals surface area contributed by atoms with Crippen molar-refractivity contribution < 1.29 is 35.3 Å². The van der Waals surface area contributed by atoms with Gasteiger partial charge in [0.15, 0.2) is 5.76 Å². The van der Waals surface area contributed by atoms with Crippen LogP contribution in [-0.2, 0) is 22.0 Å². The van der Waals surface area contributed by atoms with Gasteiger partial charge in [0.05, 0.1) is 5.56 Å². The number of alkyl halides is 3. The standard InChI is InChI=1S/C18H14F3NO5S/c19-18(20,21)13-8-4-7-12(9-13)15-14(23)16(17(22)26-15)27-28(24,25)10-11-5-2-1-3-6-11/h1-9,23H,10,22H2. The van der Waals surface area contributed by atoms with Crippen molar-refractivity contribution in [2.24, 2.45) is 0 Å². The average molecular weight is 413 g/mol. The van der Waals surface area contributed by atoms with E-state index in [9.17, 15) is 26.7 Å². The molecule has 0 saturated carbocycles. The molecule has 0 amide bonds. The number of hydrogen-bond donors (Lipinski definition) is 2. The summed E-state index contributed by atoms with van der Waals surface area (Å²) in [4.78, 5) is 0. The predicted molar refractivity (Wildman–Crippen MR) is 94.9 cm³/mol. The zero-order valence-corrected chi connectivity index (χ0v) is 14.9. The lowest BCUT2D eigenvalue weighted by Gasteiger charge is -2.08. The fourth-order valence-electron chi connectivity index (χ4n) is 2.47. The average Bonchev–Trinajstić information content (AvgIpc) is 2.89. The van der Waals surface area contributed by atoms with Gasteiger partial charge in [0.25, 0.3) is 0 Å². The Bertz CT molecular complexity index is 1090. The molecule has 0 fully saturated rings. The van der Waals surface area contributed by atoms with E-state index in [-0.39, 0.29) is 5.56 Å². The van der Waals surface area contributed by atoms with Gasteiger partial charge in [-0.05, 0) is 17.7 Å². The maximum absolute atomic E-state index is 12.9. The lowest BCUT2D eigenvalue weighted by Crippen LogP contribution is -2.12. The van der Waals surface area contributed by atoms with Crippen molar-refractivity contribution in [3.63, 3.8) is 0 Å². The van der Waals surface area contributed by atoms with E-state index in [1.807, 2.05) is 0 Å². The van der Waals surface area contributed by atoms with Crippen molar-refractivity contribution >= 4 is 16.0 Å². The van der Waals surface area contributed by atoms with Crippen molar-refractivity contribution in [2.75, 3.05) is 5.73 Å². The SMILES string of the molecule is Nc1oc(-c2cccc(C(F)(F)F)c2)c(O)c1OS(=O)(=O)Cc1ccccc1. The summed E-state index contributed by atoms with van der Waals surface area (Å²) in [7, 11) is -4.21. The summed E-state index contributed by atoms with van der Waals surface area (Å²) in [6.07, 6.45) is -4.61. The maximum atomic E-state index is 12.9. The van der Waals surface area contributed by atoms with Crippen molar-refractivity contribution in [1.82, 2.24) is 0 Å². The highest BCUT2D eigenvalue weighted by molar-refractivity contribution is 7.86. The van der Waals surface area contributed by atoms with Crippen LogP contribution in [0.4, 0.5) is 19.1 Å². The van der Waals surface area contributed by atoms with Gasteiger partial charge in [-0.2, -0.15) is 21.6 Å². The molecule has 0 aliphatic heterocycles. The molecule has 28 heavy (non-hydrogen) atoms. The topological polar surface area (TPSA) is 103 Å². The van der Waals surface area contributed by atoms with Gasteiger partial charge in [-0.1, -0.05) is 42.5 Å². The first-order valence-corrected chi connectivity index (χ1v) is 9.39. The fraction of sp³-hybridized carbons (Fsp3) is 0.111. The van der Waals surface area contributed by atoms with Crippen molar-refractivity contribution in [3.05, 3.63) is 65.7 Å². The molecule has 0 unspecified atom stereocenters. The van der Waals surface area contributed by atoms with Crippen LogP contribution >= 0.6 is 0 Å². The molecule has 0 saturated heterocycles. The van der Waals surface area contributed by atoms with Crippen molar-refractivity contribution in [3.8, 4) is 22.8 Å². The molecule has 0 spiro atoms. The summed E-state index contributed by atoms with van der Waals surface area (Å²) in [5, 5.41) is 10.2. The molecule has 2 aromatic carbocycles. The Balaban J connectivity index is 1.93. The largest absolute Gasteiger partial charge is 0.501 e. The third-order valence-corrected chi connectivity index (χ3v) is 4.82. The molecule has 1 heterocycles. The van der Waals surface area contributed by atoms with Gasteiger partial charge >= 0.3 is 16.3 Å². The zero-order chi connectivity index (χ0) is 20.5. The molecule has 0 atom stereocenters. The number of anilines is 1. The minimum Gasteiger partial charge on any atom is -0.501 e. The van der Waals surface area contributed by atoms with Crippen LogP contribution in [-0.4, -0.2) is 13.5 Å². The van der Waals surface area contributed by atoms with Crippen molar-refractivity contribution in [2.45, 2.75) is 11.9 Å². The van der Waals surface area contributed by atoms with Crippen LogP contribution in [0.25, 0.3) is 11.3 Å². The Kier molecular flexibility index (Phi) is 4.99. The Morgan fingerprint density at radius 3 is 2.39 bits per heavy atom.